The Labute approximate surface area is 126 Å². The van der Waals surface area contributed by atoms with Crippen LogP contribution < -0.4 is 10.5 Å². The molecule has 1 atom stereocenters. The molecule has 108 valence electrons. The van der Waals surface area contributed by atoms with Gasteiger partial charge in [0.25, 0.3) is 0 Å². The summed E-state index contributed by atoms with van der Waals surface area (Å²) >= 11 is 3.43. The summed E-state index contributed by atoms with van der Waals surface area (Å²) in [5.41, 5.74) is 6.35. The monoisotopic (exact) mass is 340 g/mol. The van der Waals surface area contributed by atoms with E-state index in [2.05, 4.69) is 15.9 Å². The largest absolute Gasteiger partial charge is 0.496 e. The molecule has 0 bridgehead atoms. The van der Waals surface area contributed by atoms with Crippen LogP contribution in [0.3, 0.4) is 0 Å². The van der Waals surface area contributed by atoms with Gasteiger partial charge in [-0.05, 0) is 40.0 Å². The molecule has 5 nitrogen and oxygen atoms in total. The number of nitrogens with zero attached hydrogens (tertiary/aromatic N) is 1. The number of rotatable bonds is 5. The second kappa shape index (κ2) is 6.26. The van der Waals surface area contributed by atoms with Crippen LogP contribution in [-0.4, -0.2) is 36.9 Å². The maximum absolute atomic E-state index is 11.8. The van der Waals surface area contributed by atoms with Gasteiger partial charge in [0.05, 0.1) is 17.5 Å². The molecular formula is C14H17BrN2O3. The van der Waals surface area contributed by atoms with E-state index < -0.39 is 5.91 Å². The van der Waals surface area contributed by atoms with E-state index in [1.165, 1.54) is 0 Å². The van der Waals surface area contributed by atoms with Crippen LogP contribution in [-0.2, 0) is 16.0 Å². The molecule has 2 N–H and O–H groups in total. The van der Waals surface area contributed by atoms with Crippen LogP contribution in [0.1, 0.15) is 12.0 Å². The third-order valence-electron chi connectivity index (χ3n) is 3.50. The van der Waals surface area contributed by atoms with E-state index in [-0.39, 0.29) is 18.2 Å². The van der Waals surface area contributed by atoms with Crippen molar-refractivity contribution in [3.05, 3.63) is 28.2 Å². The molecule has 0 spiro atoms. The van der Waals surface area contributed by atoms with Gasteiger partial charge in [-0.1, -0.05) is 6.07 Å². The zero-order valence-electron chi connectivity index (χ0n) is 11.3. The van der Waals surface area contributed by atoms with Crippen LogP contribution in [0, 0.1) is 5.92 Å². The molecule has 1 saturated heterocycles. The van der Waals surface area contributed by atoms with E-state index in [9.17, 15) is 9.59 Å². The minimum Gasteiger partial charge on any atom is -0.496 e. The first-order valence-electron chi connectivity index (χ1n) is 6.40. The highest BCUT2D eigenvalue weighted by Gasteiger charge is 2.32. The zero-order valence-corrected chi connectivity index (χ0v) is 12.9. The number of hydrogen-bond acceptors (Lipinski definition) is 3. The summed E-state index contributed by atoms with van der Waals surface area (Å²) in [6, 6.07) is 5.83. The Balaban J connectivity index is 1.94. The minimum atomic E-state index is -0.395. The van der Waals surface area contributed by atoms with Crippen LogP contribution in [0.5, 0.6) is 5.75 Å². The number of ether oxygens (including phenoxy) is 1. The number of carbonyl (C=O) groups is 2. The van der Waals surface area contributed by atoms with Gasteiger partial charge in [0.1, 0.15) is 5.75 Å². The molecule has 1 aromatic rings. The summed E-state index contributed by atoms with van der Waals surface area (Å²) in [4.78, 5) is 24.6. The molecule has 2 rings (SSSR count). The molecule has 2 amide bonds. The quantitative estimate of drug-likeness (QED) is 0.878. The molecule has 1 fully saturated rings. The first-order valence-corrected chi connectivity index (χ1v) is 7.20. The fourth-order valence-corrected chi connectivity index (χ4v) is 2.90. The molecule has 6 heteroatoms. The van der Waals surface area contributed by atoms with Crippen molar-refractivity contribution in [2.24, 2.45) is 11.7 Å². The summed E-state index contributed by atoms with van der Waals surface area (Å²) < 4.78 is 6.06. The predicted molar refractivity (Wildman–Crippen MR) is 78.3 cm³/mol. The minimum absolute atomic E-state index is 0.00128. The van der Waals surface area contributed by atoms with Gasteiger partial charge in [0, 0.05) is 19.5 Å². The van der Waals surface area contributed by atoms with Gasteiger partial charge in [-0.25, -0.2) is 0 Å². The molecule has 0 aliphatic carbocycles. The summed E-state index contributed by atoms with van der Waals surface area (Å²) in [6.07, 6.45) is 0.974. The highest BCUT2D eigenvalue weighted by molar-refractivity contribution is 9.10. The molecule has 1 heterocycles. The highest BCUT2D eigenvalue weighted by Crippen LogP contribution is 2.26. The van der Waals surface area contributed by atoms with Gasteiger partial charge in [0.2, 0.25) is 11.8 Å². The Morgan fingerprint density at radius 1 is 1.55 bits per heavy atom. The van der Waals surface area contributed by atoms with Crippen molar-refractivity contribution in [3.8, 4) is 5.75 Å². The Morgan fingerprint density at radius 3 is 2.85 bits per heavy atom. The van der Waals surface area contributed by atoms with Crippen molar-refractivity contribution in [2.75, 3.05) is 20.2 Å². The molecule has 20 heavy (non-hydrogen) atoms. The van der Waals surface area contributed by atoms with E-state index >= 15 is 0 Å². The number of amides is 2. The van der Waals surface area contributed by atoms with Crippen LogP contribution in [0.4, 0.5) is 0 Å². The molecular weight excluding hydrogens is 324 g/mol. The van der Waals surface area contributed by atoms with Crippen molar-refractivity contribution in [3.63, 3.8) is 0 Å². The third-order valence-corrected chi connectivity index (χ3v) is 4.12. The summed E-state index contributed by atoms with van der Waals surface area (Å²) in [6.45, 7) is 1.03. The average molecular weight is 341 g/mol. The van der Waals surface area contributed by atoms with Crippen LogP contribution in [0.2, 0.25) is 0 Å². The number of benzene rings is 1. The normalized spacial score (nSPS) is 18.4. The second-order valence-electron chi connectivity index (χ2n) is 4.86. The van der Waals surface area contributed by atoms with Crippen LogP contribution >= 0.6 is 15.9 Å². The Bertz CT molecular complexity index is 533. The molecule has 1 aliphatic rings. The lowest BCUT2D eigenvalue weighted by Gasteiger charge is -2.16. The standard InChI is InChI=1S/C14H17BrN2O3/c1-20-12-3-2-9(6-11(12)15)4-5-17-8-10(14(16)19)7-13(17)18/h2-3,6,10H,4-5,7-8H2,1H3,(H2,16,19). The number of primary amides is 1. The van der Waals surface area contributed by atoms with Gasteiger partial charge in [-0.15, -0.1) is 0 Å². The molecule has 0 radical (unpaired) electrons. The van der Waals surface area contributed by atoms with E-state index in [1.54, 1.807) is 12.0 Å². The molecule has 0 aromatic heterocycles. The number of halogens is 1. The topological polar surface area (TPSA) is 72.6 Å². The average Bonchev–Trinajstić information content (AvgIpc) is 2.78. The lowest BCUT2D eigenvalue weighted by molar-refractivity contribution is -0.128. The fraction of sp³-hybridized carbons (Fsp3) is 0.429. The molecule has 1 aliphatic heterocycles. The summed E-state index contributed by atoms with van der Waals surface area (Å²) in [5.74, 6) is 0.0410. The number of hydrogen-bond donors (Lipinski definition) is 1. The maximum Gasteiger partial charge on any atom is 0.223 e. The fourth-order valence-electron chi connectivity index (χ4n) is 2.31. The number of nitrogens with two attached hydrogens (primary N) is 1. The van der Waals surface area contributed by atoms with Crippen molar-refractivity contribution in [1.82, 2.24) is 4.90 Å². The van der Waals surface area contributed by atoms with Gasteiger partial charge in [-0.2, -0.15) is 0 Å². The first-order chi connectivity index (χ1) is 9.51. The lowest BCUT2D eigenvalue weighted by Crippen LogP contribution is -2.30. The second-order valence-corrected chi connectivity index (χ2v) is 5.72. The van der Waals surface area contributed by atoms with Crippen molar-refractivity contribution in [2.45, 2.75) is 12.8 Å². The maximum atomic E-state index is 11.8. The highest BCUT2D eigenvalue weighted by atomic mass is 79.9. The first kappa shape index (κ1) is 14.8. The van der Waals surface area contributed by atoms with Crippen LogP contribution in [0.15, 0.2) is 22.7 Å². The Morgan fingerprint density at radius 2 is 2.30 bits per heavy atom. The SMILES string of the molecule is COc1ccc(CCN2CC(C(N)=O)CC2=O)cc1Br. The van der Waals surface area contributed by atoms with Crippen LogP contribution in [0.25, 0.3) is 0 Å². The number of likely N-dealkylation sites (tertiary alicyclic amines) is 1. The predicted octanol–water partition coefficient (Wildman–Crippen LogP) is 1.33. The smallest absolute Gasteiger partial charge is 0.223 e. The summed E-state index contributed by atoms with van der Waals surface area (Å²) in [7, 11) is 1.62. The van der Waals surface area contributed by atoms with Gasteiger partial charge in [0.15, 0.2) is 0 Å². The summed E-state index contributed by atoms with van der Waals surface area (Å²) in [5, 5.41) is 0. The number of carbonyl (C=O) groups excluding carboxylic acids is 2. The van der Waals surface area contributed by atoms with E-state index in [0.29, 0.717) is 13.1 Å². The van der Waals surface area contributed by atoms with E-state index in [1.807, 2.05) is 18.2 Å². The molecule has 0 saturated carbocycles. The van der Waals surface area contributed by atoms with Gasteiger partial charge < -0.3 is 15.4 Å². The number of methoxy groups -OCH3 is 1. The van der Waals surface area contributed by atoms with Crippen molar-refractivity contribution >= 4 is 27.7 Å². The van der Waals surface area contributed by atoms with Crippen molar-refractivity contribution in [1.29, 1.82) is 0 Å². The third kappa shape index (κ3) is 3.30. The lowest BCUT2D eigenvalue weighted by atomic mass is 10.1. The van der Waals surface area contributed by atoms with E-state index in [4.69, 9.17) is 10.5 Å². The van der Waals surface area contributed by atoms with E-state index in [0.717, 1.165) is 22.2 Å². The zero-order chi connectivity index (χ0) is 14.7. The molecule has 1 unspecified atom stereocenters. The Hall–Kier alpha value is -1.56. The van der Waals surface area contributed by atoms with Gasteiger partial charge in [-0.3, -0.25) is 9.59 Å². The van der Waals surface area contributed by atoms with Crippen molar-refractivity contribution < 1.29 is 14.3 Å². The Kier molecular flexibility index (Phi) is 4.65. The van der Waals surface area contributed by atoms with Gasteiger partial charge >= 0.3 is 0 Å². The molecule has 1 aromatic carbocycles.